The van der Waals surface area contributed by atoms with E-state index >= 15 is 0 Å². The van der Waals surface area contributed by atoms with Crippen molar-refractivity contribution in [2.45, 2.75) is 39.0 Å². The zero-order valence-corrected chi connectivity index (χ0v) is 22.4. The largest absolute Gasteiger partial charge is 0.492 e. The van der Waals surface area contributed by atoms with Crippen LogP contribution in [0.15, 0.2) is 60.7 Å². The van der Waals surface area contributed by atoms with Gasteiger partial charge in [0.15, 0.2) is 5.75 Å². The molecule has 11 heteroatoms. The van der Waals surface area contributed by atoms with Crippen molar-refractivity contribution in [1.82, 2.24) is 0 Å². The van der Waals surface area contributed by atoms with Crippen molar-refractivity contribution in [3.8, 4) is 11.5 Å². The molecule has 38 heavy (non-hydrogen) atoms. The van der Waals surface area contributed by atoms with Crippen molar-refractivity contribution >= 4 is 27.3 Å². The summed E-state index contributed by atoms with van der Waals surface area (Å²) < 4.78 is 78.0. The lowest BCUT2D eigenvalue weighted by Gasteiger charge is -2.24. The van der Waals surface area contributed by atoms with E-state index in [2.05, 4.69) is 10.0 Å². The third-order valence-electron chi connectivity index (χ3n) is 5.49. The highest BCUT2D eigenvalue weighted by Gasteiger charge is 2.35. The number of sulfonamides is 1. The Hall–Kier alpha value is -3.73. The van der Waals surface area contributed by atoms with Gasteiger partial charge in [0.25, 0.3) is 5.91 Å². The molecule has 0 aromatic heterocycles. The molecule has 0 radical (unpaired) electrons. The van der Waals surface area contributed by atoms with Gasteiger partial charge in [-0.05, 0) is 46.9 Å². The molecule has 0 unspecified atom stereocenters. The molecule has 0 saturated heterocycles. The Balaban J connectivity index is 2.01. The highest BCUT2D eigenvalue weighted by molar-refractivity contribution is 7.92. The van der Waals surface area contributed by atoms with E-state index in [0.717, 1.165) is 24.5 Å². The topological polar surface area (TPSA) is 93.7 Å². The van der Waals surface area contributed by atoms with Gasteiger partial charge < -0.3 is 14.8 Å². The smallest absolute Gasteiger partial charge is 0.419 e. The molecule has 0 aliphatic rings. The van der Waals surface area contributed by atoms with Crippen LogP contribution in [0.2, 0.25) is 0 Å². The summed E-state index contributed by atoms with van der Waals surface area (Å²) >= 11 is 0. The second kappa shape index (κ2) is 10.9. The number of nitrogens with one attached hydrogen (secondary N) is 2. The predicted octanol–water partition coefficient (Wildman–Crippen LogP) is 6.21. The number of carbonyl (C=O) groups excluding carboxylic acids is 1. The minimum atomic E-state index is -4.70. The highest BCUT2D eigenvalue weighted by Crippen LogP contribution is 2.40. The molecule has 2 N–H and O–H groups in total. The average Bonchev–Trinajstić information content (AvgIpc) is 2.81. The molecule has 3 aromatic carbocycles. The maximum Gasteiger partial charge on any atom is 0.419 e. The van der Waals surface area contributed by atoms with E-state index in [-0.39, 0.29) is 29.3 Å². The summed E-state index contributed by atoms with van der Waals surface area (Å²) in [4.78, 5) is 13.2. The number of hydrogen-bond donors (Lipinski definition) is 2. The first-order chi connectivity index (χ1) is 17.6. The number of halogens is 3. The van der Waals surface area contributed by atoms with Gasteiger partial charge in [-0.1, -0.05) is 51.1 Å². The monoisotopic (exact) mass is 550 g/mol. The molecule has 0 fully saturated rings. The van der Waals surface area contributed by atoms with Crippen molar-refractivity contribution in [1.29, 1.82) is 0 Å². The fraction of sp³-hybridized carbons (Fsp3) is 0.296. The van der Waals surface area contributed by atoms with Gasteiger partial charge >= 0.3 is 6.18 Å². The fourth-order valence-corrected chi connectivity index (χ4v) is 4.15. The molecular formula is C27H29F3N2O5S. The van der Waals surface area contributed by atoms with Crippen LogP contribution in [0.1, 0.15) is 47.8 Å². The van der Waals surface area contributed by atoms with Crippen LogP contribution < -0.4 is 19.5 Å². The van der Waals surface area contributed by atoms with Gasteiger partial charge in [-0.3, -0.25) is 9.52 Å². The Bertz CT molecular complexity index is 1420. The molecule has 0 bridgehead atoms. The number of alkyl halides is 3. The second-order valence-corrected chi connectivity index (χ2v) is 11.4. The molecule has 1 amide bonds. The zero-order chi connectivity index (χ0) is 28.3. The van der Waals surface area contributed by atoms with Crippen molar-refractivity contribution in [2.24, 2.45) is 0 Å². The van der Waals surface area contributed by atoms with E-state index in [9.17, 15) is 26.4 Å². The van der Waals surface area contributed by atoms with E-state index in [0.29, 0.717) is 11.1 Å². The lowest BCUT2D eigenvalue weighted by molar-refractivity contribution is -0.139. The maximum absolute atomic E-state index is 13.6. The first kappa shape index (κ1) is 28.8. The lowest BCUT2D eigenvalue weighted by atomic mass is 9.86. The van der Waals surface area contributed by atoms with Crippen molar-refractivity contribution in [3.63, 3.8) is 0 Å². The zero-order valence-electron chi connectivity index (χ0n) is 21.6. The number of methoxy groups -OCH3 is 1. The van der Waals surface area contributed by atoms with Crippen LogP contribution in [-0.2, 0) is 28.2 Å². The molecular weight excluding hydrogens is 521 g/mol. The molecule has 204 valence electrons. The summed E-state index contributed by atoms with van der Waals surface area (Å²) in [6.45, 7) is 5.57. The third-order valence-corrected chi connectivity index (χ3v) is 6.08. The molecule has 3 aromatic rings. The van der Waals surface area contributed by atoms with Crippen LogP contribution >= 0.6 is 0 Å². The molecule has 0 heterocycles. The standard InChI is InChI=1S/C27H29F3N2O5S/c1-26(2,3)19-14-21(24(36-4)22(15-19)32-38(5,34)35)31-25(33)18-11-12-20(27(28,29)30)23(13-18)37-16-17-9-7-6-8-10-17/h6-15,32H,16H2,1-5H3,(H,31,33). The molecule has 0 aliphatic carbocycles. The van der Waals surface area contributed by atoms with Gasteiger partial charge in [-0.15, -0.1) is 0 Å². The van der Waals surface area contributed by atoms with Gasteiger partial charge in [0.2, 0.25) is 10.0 Å². The fourth-order valence-electron chi connectivity index (χ4n) is 3.60. The van der Waals surface area contributed by atoms with E-state index in [1.807, 2.05) is 20.8 Å². The Morgan fingerprint density at radius 1 is 0.947 bits per heavy atom. The van der Waals surface area contributed by atoms with Crippen LogP contribution in [0.5, 0.6) is 11.5 Å². The van der Waals surface area contributed by atoms with Gasteiger partial charge in [0.1, 0.15) is 12.4 Å². The number of benzene rings is 3. The first-order valence-corrected chi connectivity index (χ1v) is 13.4. The molecule has 3 rings (SSSR count). The molecule has 0 saturated carbocycles. The van der Waals surface area contributed by atoms with Crippen LogP contribution in [0.4, 0.5) is 24.5 Å². The summed E-state index contributed by atoms with van der Waals surface area (Å²) in [7, 11) is -2.38. The summed E-state index contributed by atoms with van der Waals surface area (Å²) in [6, 6.07) is 14.7. The third kappa shape index (κ3) is 7.41. The lowest BCUT2D eigenvalue weighted by Crippen LogP contribution is -2.18. The minimum Gasteiger partial charge on any atom is -0.492 e. The van der Waals surface area contributed by atoms with E-state index in [1.54, 1.807) is 42.5 Å². The predicted molar refractivity (Wildman–Crippen MR) is 140 cm³/mol. The average molecular weight is 551 g/mol. The maximum atomic E-state index is 13.6. The van der Waals surface area contributed by atoms with Crippen LogP contribution in [-0.4, -0.2) is 27.7 Å². The summed E-state index contributed by atoms with van der Waals surface area (Å²) in [6.07, 6.45) is -3.72. The minimum absolute atomic E-state index is 0.0456. The van der Waals surface area contributed by atoms with Crippen molar-refractivity contribution in [2.75, 3.05) is 23.4 Å². The molecule has 0 atom stereocenters. The van der Waals surface area contributed by atoms with Gasteiger partial charge in [-0.25, -0.2) is 8.42 Å². The summed E-state index contributed by atoms with van der Waals surface area (Å²) in [5.41, 5.74) is 0.0368. The van der Waals surface area contributed by atoms with Crippen molar-refractivity contribution < 1.29 is 35.9 Å². The van der Waals surface area contributed by atoms with Crippen LogP contribution in [0.3, 0.4) is 0 Å². The highest BCUT2D eigenvalue weighted by atomic mass is 32.2. The van der Waals surface area contributed by atoms with Crippen LogP contribution in [0.25, 0.3) is 0 Å². The SMILES string of the molecule is COc1c(NC(=O)c2ccc(C(F)(F)F)c(OCc3ccccc3)c2)cc(C(C)(C)C)cc1NS(C)(=O)=O. The molecule has 0 spiro atoms. The normalized spacial score (nSPS) is 12.1. The second-order valence-electron chi connectivity index (χ2n) is 9.67. The summed E-state index contributed by atoms with van der Waals surface area (Å²) in [5.74, 6) is -1.19. The summed E-state index contributed by atoms with van der Waals surface area (Å²) in [5, 5.41) is 2.64. The number of rotatable bonds is 8. The Morgan fingerprint density at radius 3 is 2.13 bits per heavy atom. The Morgan fingerprint density at radius 2 is 1.58 bits per heavy atom. The number of ether oxygens (including phenoxy) is 2. The number of amides is 1. The van der Waals surface area contributed by atoms with Crippen LogP contribution in [0, 0.1) is 0 Å². The number of anilines is 2. The molecule has 0 aliphatic heterocycles. The van der Waals surface area contributed by atoms with E-state index < -0.39 is 38.8 Å². The van der Waals surface area contributed by atoms with Gasteiger partial charge in [0, 0.05) is 5.56 Å². The first-order valence-electron chi connectivity index (χ1n) is 11.5. The number of carbonyl (C=O) groups is 1. The van der Waals surface area contributed by atoms with Crippen molar-refractivity contribution in [3.05, 3.63) is 82.9 Å². The van der Waals surface area contributed by atoms with Gasteiger partial charge in [0.05, 0.1) is 30.3 Å². The number of hydrogen-bond acceptors (Lipinski definition) is 5. The van der Waals surface area contributed by atoms with Gasteiger partial charge in [-0.2, -0.15) is 13.2 Å². The quantitative estimate of drug-likeness (QED) is 0.348. The molecule has 7 nitrogen and oxygen atoms in total. The van der Waals surface area contributed by atoms with E-state index in [4.69, 9.17) is 9.47 Å². The Labute approximate surface area is 220 Å². The van der Waals surface area contributed by atoms with E-state index in [1.165, 1.54) is 7.11 Å². The Kier molecular flexibility index (Phi) is 8.30.